The summed E-state index contributed by atoms with van der Waals surface area (Å²) in [6.45, 7) is 2.97. The Kier molecular flexibility index (Phi) is 6.19. The second-order valence-electron chi connectivity index (χ2n) is 7.54. The van der Waals surface area contributed by atoms with Gasteiger partial charge >= 0.3 is 0 Å². The van der Waals surface area contributed by atoms with E-state index in [0.29, 0.717) is 5.56 Å². The molecule has 156 valence electrons. The van der Waals surface area contributed by atoms with Crippen molar-refractivity contribution < 1.29 is 4.79 Å². The molecule has 6 nitrogen and oxygen atoms in total. The summed E-state index contributed by atoms with van der Waals surface area (Å²) in [5.74, 6) is -0.105. The molecule has 0 radical (unpaired) electrons. The molecule has 4 aromatic rings. The van der Waals surface area contributed by atoms with Gasteiger partial charge in [-0.15, -0.1) is 0 Å². The molecule has 0 bridgehead atoms. The molecule has 0 spiro atoms. The Bertz CT molecular complexity index is 1110. The molecule has 3 aromatic carbocycles. The highest BCUT2D eigenvalue weighted by atomic mass is 16.1. The third-order valence-corrected chi connectivity index (χ3v) is 5.40. The van der Waals surface area contributed by atoms with Crippen molar-refractivity contribution in [3.8, 4) is 5.69 Å². The molecule has 31 heavy (non-hydrogen) atoms. The van der Waals surface area contributed by atoms with E-state index in [2.05, 4.69) is 58.5 Å². The quantitative estimate of drug-likeness (QED) is 0.478. The van der Waals surface area contributed by atoms with E-state index < -0.39 is 0 Å². The Morgan fingerprint density at radius 2 is 1.71 bits per heavy atom. The van der Waals surface area contributed by atoms with Crippen molar-refractivity contribution in [2.24, 2.45) is 0 Å². The van der Waals surface area contributed by atoms with Gasteiger partial charge in [0.15, 0.2) is 0 Å². The topological polar surface area (TPSA) is 63.1 Å². The maximum atomic E-state index is 12.4. The van der Waals surface area contributed by atoms with Crippen molar-refractivity contribution in [1.29, 1.82) is 0 Å². The summed E-state index contributed by atoms with van der Waals surface area (Å²) in [5.41, 5.74) is 4.81. The molecule has 0 aliphatic rings. The second-order valence-corrected chi connectivity index (χ2v) is 7.54. The fourth-order valence-corrected chi connectivity index (χ4v) is 3.41. The van der Waals surface area contributed by atoms with Gasteiger partial charge in [0.1, 0.15) is 12.7 Å². The van der Waals surface area contributed by atoms with Gasteiger partial charge in [-0.3, -0.25) is 9.69 Å². The Morgan fingerprint density at radius 3 is 2.35 bits per heavy atom. The standard InChI is InChI=1S/C25H25N5O/c1-19(21-12-14-24(15-13-21)30-18-26-17-27-30)29(2)16-20-8-10-22(11-9-20)25(31)28-23-6-4-3-5-7-23/h3-15,17-19H,16H2,1-2H3,(H,28,31)/t19-/m0/s1. The van der Waals surface area contributed by atoms with Crippen LogP contribution in [0.3, 0.4) is 0 Å². The van der Waals surface area contributed by atoms with Gasteiger partial charge in [0.2, 0.25) is 0 Å². The highest BCUT2D eigenvalue weighted by molar-refractivity contribution is 6.04. The summed E-state index contributed by atoms with van der Waals surface area (Å²) in [5, 5.41) is 7.07. The van der Waals surface area contributed by atoms with Crippen LogP contribution >= 0.6 is 0 Å². The Hall–Kier alpha value is -3.77. The molecule has 1 aromatic heterocycles. The van der Waals surface area contributed by atoms with Gasteiger partial charge in [-0.2, -0.15) is 5.10 Å². The molecule has 1 amide bonds. The van der Waals surface area contributed by atoms with Crippen LogP contribution in [0.15, 0.2) is 91.5 Å². The third kappa shape index (κ3) is 5.05. The molecule has 6 heteroatoms. The zero-order valence-electron chi connectivity index (χ0n) is 17.6. The van der Waals surface area contributed by atoms with E-state index in [0.717, 1.165) is 23.5 Å². The molecule has 1 heterocycles. The van der Waals surface area contributed by atoms with Crippen molar-refractivity contribution >= 4 is 11.6 Å². The van der Waals surface area contributed by atoms with Crippen LogP contribution < -0.4 is 5.32 Å². The number of carbonyl (C=O) groups excluding carboxylic acids is 1. The normalized spacial score (nSPS) is 12.0. The van der Waals surface area contributed by atoms with Gasteiger partial charge in [0.05, 0.1) is 5.69 Å². The zero-order valence-corrected chi connectivity index (χ0v) is 17.6. The van der Waals surface area contributed by atoms with E-state index in [1.807, 2.05) is 54.6 Å². The average Bonchev–Trinajstić information content (AvgIpc) is 3.35. The molecule has 0 fully saturated rings. The smallest absolute Gasteiger partial charge is 0.255 e. The molecule has 0 saturated heterocycles. The lowest BCUT2D eigenvalue weighted by Gasteiger charge is -2.25. The Labute approximate surface area is 182 Å². The van der Waals surface area contributed by atoms with Gasteiger partial charge < -0.3 is 5.32 Å². The molecule has 0 aliphatic carbocycles. The first-order chi connectivity index (χ1) is 15.1. The maximum Gasteiger partial charge on any atom is 0.255 e. The van der Waals surface area contributed by atoms with Gasteiger partial charge in [0.25, 0.3) is 5.91 Å². The SMILES string of the molecule is C[C@@H](c1ccc(-n2cncn2)cc1)N(C)Cc1ccc(C(=O)Nc2ccccc2)cc1. The van der Waals surface area contributed by atoms with Crippen LogP contribution in [-0.2, 0) is 6.54 Å². The number of anilines is 1. The summed E-state index contributed by atoms with van der Waals surface area (Å²) >= 11 is 0. The molecule has 1 N–H and O–H groups in total. The monoisotopic (exact) mass is 411 g/mol. The van der Waals surface area contributed by atoms with Crippen molar-refractivity contribution in [1.82, 2.24) is 19.7 Å². The predicted molar refractivity (Wildman–Crippen MR) is 122 cm³/mol. The first kappa shape index (κ1) is 20.5. The lowest BCUT2D eigenvalue weighted by atomic mass is 10.1. The summed E-state index contributed by atoms with van der Waals surface area (Å²) in [4.78, 5) is 18.7. The third-order valence-electron chi connectivity index (χ3n) is 5.40. The van der Waals surface area contributed by atoms with Crippen molar-refractivity contribution in [3.05, 3.63) is 108 Å². The highest BCUT2D eigenvalue weighted by Crippen LogP contribution is 2.22. The summed E-state index contributed by atoms with van der Waals surface area (Å²) < 4.78 is 1.74. The summed E-state index contributed by atoms with van der Waals surface area (Å²) in [7, 11) is 2.10. The number of nitrogens with zero attached hydrogens (tertiary/aromatic N) is 4. The predicted octanol–water partition coefficient (Wildman–Crippen LogP) is 4.71. The van der Waals surface area contributed by atoms with Crippen LogP contribution in [0.25, 0.3) is 5.69 Å². The summed E-state index contributed by atoms with van der Waals surface area (Å²) in [6.07, 6.45) is 3.22. The molecule has 0 unspecified atom stereocenters. The molecule has 1 atom stereocenters. The zero-order chi connectivity index (χ0) is 21.6. The van der Waals surface area contributed by atoms with E-state index in [4.69, 9.17) is 0 Å². The minimum absolute atomic E-state index is 0.105. The van der Waals surface area contributed by atoms with Gasteiger partial charge in [-0.25, -0.2) is 9.67 Å². The molecular weight excluding hydrogens is 386 g/mol. The van der Waals surface area contributed by atoms with Crippen LogP contribution in [0, 0.1) is 0 Å². The van der Waals surface area contributed by atoms with Crippen molar-refractivity contribution in [3.63, 3.8) is 0 Å². The van der Waals surface area contributed by atoms with Crippen LogP contribution in [0.2, 0.25) is 0 Å². The number of hydrogen-bond donors (Lipinski definition) is 1. The first-order valence-electron chi connectivity index (χ1n) is 10.2. The number of nitrogens with one attached hydrogen (secondary N) is 1. The van der Waals surface area contributed by atoms with Gasteiger partial charge in [0, 0.05) is 23.8 Å². The minimum atomic E-state index is -0.105. The minimum Gasteiger partial charge on any atom is -0.322 e. The number of amides is 1. The Morgan fingerprint density at radius 1 is 1.00 bits per heavy atom. The second kappa shape index (κ2) is 9.36. The van der Waals surface area contributed by atoms with E-state index >= 15 is 0 Å². The number of carbonyl (C=O) groups is 1. The van der Waals surface area contributed by atoms with Crippen LogP contribution in [0.1, 0.15) is 34.5 Å². The van der Waals surface area contributed by atoms with Crippen LogP contribution in [0.4, 0.5) is 5.69 Å². The number of aromatic nitrogens is 3. The van der Waals surface area contributed by atoms with Gasteiger partial charge in [-0.1, -0.05) is 42.5 Å². The van der Waals surface area contributed by atoms with E-state index in [1.54, 1.807) is 11.0 Å². The van der Waals surface area contributed by atoms with Crippen molar-refractivity contribution in [2.75, 3.05) is 12.4 Å². The maximum absolute atomic E-state index is 12.4. The van der Waals surface area contributed by atoms with E-state index in [9.17, 15) is 4.79 Å². The van der Waals surface area contributed by atoms with Crippen LogP contribution in [0.5, 0.6) is 0 Å². The lowest BCUT2D eigenvalue weighted by molar-refractivity contribution is 0.102. The largest absolute Gasteiger partial charge is 0.322 e. The van der Waals surface area contributed by atoms with Crippen molar-refractivity contribution in [2.45, 2.75) is 19.5 Å². The fraction of sp³-hybridized carbons (Fsp3) is 0.160. The Balaban J connectivity index is 1.36. The lowest BCUT2D eigenvalue weighted by Crippen LogP contribution is -2.22. The first-order valence-corrected chi connectivity index (χ1v) is 10.2. The number of benzene rings is 3. The van der Waals surface area contributed by atoms with E-state index in [1.165, 1.54) is 11.9 Å². The highest BCUT2D eigenvalue weighted by Gasteiger charge is 2.13. The molecule has 0 saturated carbocycles. The number of rotatable bonds is 7. The number of hydrogen-bond acceptors (Lipinski definition) is 4. The molecular formula is C25H25N5O. The fourth-order valence-electron chi connectivity index (χ4n) is 3.41. The van der Waals surface area contributed by atoms with E-state index in [-0.39, 0.29) is 11.9 Å². The summed E-state index contributed by atoms with van der Waals surface area (Å²) in [6, 6.07) is 25.8. The molecule has 4 rings (SSSR count). The average molecular weight is 412 g/mol. The number of para-hydroxylation sites is 1. The molecule has 0 aliphatic heterocycles. The van der Waals surface area contributed by atoms with Crippen LogP contribution in [-0.4, -0.2) is 32.6 Å². The van der Waals surface area contributed by atoms with Gasteiger partial charge in [-0.05, 0) is 61.5 Å².